The maximum atomic E-state index is 14.9. The van der Waals surface area contributed by atoms with E-state index in [0.29, 0.717) is 54.2 Å². The third kappa shape index (κ3) is 5.15. The fourth-order valence-electron chi connectivity index (χ4n) is 5.91. The molecule has 6 rings (SSSR count). The maximum absolute atomic E-state index is 14.9. The molecule has 0 atom stereocenters. The summed E-state index contributed by atoms with van der Waals surface area (Å²) in [6, 6.07) is 16.6. The molecule has 0 unspecified atom stereocenters. The van der Waals surface area contributed by atoms with Crippen LogP contribution in [0.25, 0.3) is 22.3 Å². The summed E-state index contributed by atoms with van der Waals surface area (Å²) in [6.45, 7) is 10.5. The minimum absolute atomic E-state index is 0.106. The number of anilines is 1. The Bertz CT molecular complexity index is 1990. The fraction of sp³-hybridized carbons (Fsp3) is 0.333. The zero-order valence-electron chi connectivity index (χ0n) is 25.7. The molecule has 1 saturated heterocycles. The van der Waals surface area contributed by atoms with E-state index in [4.69, 9.17) is 14.5 Å². The summed E-state index contributed by atoms with van der Waals surface area (Å²) in [5.74, 6) is 0.965. The molecule has 0 N–H and O–H groups in total. The van der Waals surface area contributed by atoms with Gasteiger partial charge >= 0.3 is 0 Å². The summed E-state index contributed by atoms with van der Waals surface area (Å²) in [6.07, 6.45) is 1.94. The maximum Gasteiger partial charge on any atom is 0.268 e. The number of aromatic nitrogens is 4. The van der Waals surface area contributed by atoms with Crippen LogP contribution in [0.5, 0.6) is 0 Å². The van der Waals surface area contributed by atoms with E-state index in [1.807, 2.05) is 72.7 Å². The second-order valence-electron chi connectivity index (χ2n) is 11.3. The van der Waals surface area contributed by atoms with Crippen molar-refractivity contribution in [2.24, 2.45) is 0 Å². The van der Waals surface area contributed by atoms with Crippen molar-refractivity contribution in [2.45, 2.75) is 72.0 Å². The number of carbonyl (C=O) groups excluding carboxylic acids is 1. The first-order valence-corrected chi connectivity index (χ1v) is 16.3. The molecule has 0 aliphatic carbocycles. The highest BCUT2D eigenvalue weighted by Gasteiger charge is 2.34. The van der Waals surface area contributed by atoms with E-state index in [1.54, 1.807) is 26.0 Å². The van der Waals surface area contributed by atoms with E-state index in [2.05, 4.69) is 5.16 Å². The van der Waals surface area contributed by atoms with Crippen molar-refractivity contribution >= 4 is 33.0 Å². The second kappa shape index (κ2) is 11.5. The Labute approximate surface area is 257 Å². The van der Waals surface area contributed by atoms with Crippen molar-refractivity contribution < 1.29 is 17.7 Å². The monoisotopic (exact) mass is 612 g/mol. The average molecular weight is 613 g/mol. The number of hydrogen-bond donors (Lipinski definition) is 0. The van der Waals surface area contributed by atoms with Crippen LogP contribution < -0.4 is 4.31 Å². The molecule has 0 spiro atoms. The van der Waals surface area contributed by atoms with Gasteiger partial charge in [-0.1, -0.05) is 54.5 Å². The minimum atomic E-state index is -4.24. The predicted octanol–water partition coefficient (Wildman–Crippen LogP) is 5.86. The number of carbonyl (C=O) groups is 1. The highest BCUT2D eigenvalue weighted by Crippen LogP contribution is 2.36. The number of likely N-dealkylation sites (tertiary alicyclic amines) is 1. The summed E-state index contributed by atoms with van der Waals surface area (Å²) in [7, 11) is -4.24. The Morgan fingerprint density at radius 3 is 2.39 bits per heavy atom. The van der Waals surface area contributed by atoms with Crippen LogP contribution in [0.15, 0.2) is 64.0 Å². The molecule has 44 heavy (non-hydrogen) atoms. The topological polar surface area (TPSA) is 114 Å². The van der Waals surface area contributed by atoms with Gasteiger partial charge in [-0.25, -0.2) is 22.7 Å². The summed E-state index contributed by atoms with van der Waals surface area (Å²) in [5.41, 5.74) is 6.55. The molecular formula is C33H36N6O4S. The highest BCUT2D eigenvalue weighted by atomic mass is 32.2. The third-order valence-electron chi connectivity index (χ3n) is 8.34. The van der Waals surface area contributed by atoms with Gasteiger partial charge in [-0.3, -0.25) is 9.36 Å². The van der Waals surface area contributed by atoms with Gasteiger partial charge in [0.1, 0.15) is 18.0 Å². The summed E-state index contributed by atoms with van der Waals surface area (Å²) >= 11 is 0. The molecule has 11 heteroatoms. The Kier molecular flexibility index (Phi) is 7.75. The number of aryl methyl sites for hydroxylation is 4. The zero-order valence-corrected chi connectivity index (χ0v) is 26.5. The molecular weight excluding hydrogens is 576 g/mol. The van der Waals surface area contributed by atoms with Gasteiger partial charge in [0.15, 0.2) is 5.65 Å². The van der Waals surface area contributed by atoms with E-state index < -0.39 is 10.0 Å². The molecule has 1 fully saturated rings. The normalized spacial score (nSPS) is 13.8. The van der Waals surface area contributed by atoms with E-state index in [-0.39, 0.29) is 23.4 Å². The van der Waals surface area contributed by atoms with Gasteiger partial charge in [0.25, 0.3) is 10.0 Å². The highest BCUT2D eigenvalue weighted by molar-refractivity contribution is 7.93. The van der Waals surface area contributed by atoms with Crippen LogP contribution in [-0.2, 0) is 34.5 Å². The van der Waals surface area contributed by atoms with Crippen LogP contribution >= 0.6 is 0 Å². The molecule has 1 aliphatic heterocycles. The SMILES string of the molecule is CCc1nc2c(C)cc(C)nc2n1CN(c1onc(C)c1C)S(=O)(=O)c1ccccc1-c1ccccc1CN1CCCC1=O. The first-order chi connectivity index (χ1) is 21.1. The molecule has 4 heterocycles. The molecule has 1 aliphatic rings. The molecule has 10 nitrogen and oxygen atoms in total. The van der Waals surface area contributed by atoms with Crippen molar-refractivity contribution in [1.82, 2.24) is 24.6 Å². The number of pyridine rings is 1. The number of imidazole rings is 1. The number of fused-ring (bicyclic) bond motifs is 1. The van der Waals surface area contributed by atoms with Gasteiger partial charge < -0.3 is 9.42 Å². The van der Waals surface area contributed by atoms with Crippen molar-refractivity contribution in [3.63, 3.8) is 0 Å². The minimum Gasteiger partial charge on any atom is -0.338 e. The van der Waals surface area contributed by atoms with Crippen LogP contribution in [0.3, 0.4) is 0 Å². The van der Waals surface area contributed by atoms with Gasteiger partial charge in [-0.2, -0.15) is 0 Å². The standard InChI is InChI=1S/C33H36N6O4S/c1-6-29-35-31-21(2)18-22(3)34-32(31)38(29)20-39(33-23(4)24(5)36-43-33)44(41,42)28-15-10-9-14-27(28)26-13-8-7-12-25(26)19-37-17-11-16-30(37)40/h7-10,12-15,18H,6,11,16-17,19-20H2,1-5H3. The number of sulfonamides is 1. The first kappa shape index (κ1) is 29.6. The number of nitrogens with zero attached hydrogens (tertiary/aromatic N) is 6. The van der Waals surface area contributed by atoms with Crippen LogP contribution in [0.2, 0.25) is 0 Å². The summed E-state index contributed by atoms with van der Waals surface area (Å²) in [4.78, 5) is 24.0. The number of hydrogen-bond acceptors (Lipinski definition) is 7. The number of benzene rings is 2. The summed E-state index contributed by atoms with van der Waals surface area (Å²) in [5, 5.41) is 4.11. The van der Waals surface area contributed by atoms with Crippen molar-refractivity contribution in [1.29, 1.82) is 0 Å². The Hall–Kier alpha value is -4.51. The van der Waals surface area contributed by atoms with E-state index >= 15 is 0 Å². The average Bonchev–Trinajstić information content (AvgIpc) is 3.68. The first-order valence-electron chi connectivity index (χ1n) is 14.8. The van der Waals surface area contributed by atoms with Gasteiger partial charge in [0.05, 0.1) is 10.6 Å². The van der Waals surface area contributed by atoms with E-state index in [9.17, 15) is 13.2 Å². The molecule has 1 amide bonds. The predicted molar refractivity (Wildman–Crippen MR) is 169 cm³/mol. The lowest BCUT2D eigenvalue weighted by molar-refractivity contribution is -0.128. The smallest absolute Gasteiger partial charge is 0.268 e. The van der Waals surface area contributed by atoms with E-state index in [0.717, 1.165) is 34.3 Å². The summed E-state index contributed by atoms with van der Waals surface area (Å²) < 4.78 is 38.7. The van der Waals surface area contributed by atoms with E-state index in [1.165, 1.54) is 4.31 Å². The third-order valence-corrected chi connectivity index (χ3v) is 10.1. The Morgan fingerprint density at radius 1 is 0.977 bits per heavy atom. The van der Waals surface area contributed by atoms with Gasteiger partial charge in [-0.15, -0.1) is 0 Å². The van der Waals surface area contributed by atoms with Crippen LogP contribution in [0.1, 0.15) is 53.7 Å². The largest absolute Gasteiger partial charge is 0.338 e. The number of amides is 1. The van der Waals surface area contributed by atoms with Gasteiger partial charge in [0.2, 0.25) is 11.8 Å². The Morgan fingerprint density at radius 2 is 1.70 bits per heavy atom. The van der Waals surface area contributed by atoms with Crippen LogP contribution in [0, 0.1) is 27.7 Å². The lowest BCUT2D eigenvalue weighted by Gasteiger charge is -2.25. The van der Waals surface area contributed by atoms with Crippen LogP contribution in [0.4, 0.5) is 5.88 Å². The molecule has 0 bridgehead atoms. The van der Waals surface area contributed by atoms with Gasteiger partial charge in [0, 0.05) is 42.8 Å². The zero-order chi connectivity index (χ0) is 31.2. The molecule has 5 aromatic rings. The van der Waals surface area contributed by atoms with Crippen molar-refractivity contribution in [3.8, 4) is 11.1 Å². The lowest BCUT2D eigenvalue weighted by Crippen LogP contribution is -2.34. The molecule has 228 valence electrons. The number of rotatable bonds is 9. The van der Waals surface area contributed by atoms with Crippen molar-refractivity contribution in [2.75, 3.05) is 10.8 Å². The molecule has 0 saturated carbocycles. The fourth-order valence-corrected chi connectivity index (χ4v) is 7.51. The molecule has 0 radical (unpaired) electrons. The second-order valence-corrected chi connectivity index (χ2v) is 13.2. The lowest BCUT2D eigenvalue weighted by atomic mass is 9.99. The Balaban J connectivity index is 1.51. The quantitative estimate of drug-likeness (QED) is 0.205. The van der Waals surface area contributed by atoms with Crippen LogP contribution in [-0.4, -0.2) is 45.5 Å². The van der Waals surface area contributed by atoms with Gasteiger partial charge in [-0.05, 0) is 62.9 Å². The van der Waals surface area contributed by atoms with Crippen molar-refractivity contribution in [3.05, 3.63) is 88.5 Å². The molecule has 2 aromatic carbocycles. The molecule has 3 aromatic heterocycles.